The molecule has 0 aliphatic heterocycles. The molecule has 2 atom stereocenters. The third-order valence-electron chi connectivity index (χ3n) is 3.43. The standard InChI is InChI=1S/C17H18BrClFN/c1-11(9-13-3-6-15(18)7-4-13)21-12(2)14-5-8-16(19)17(20)10-14/h3-8,10-12,21H,9H2,1-2H3. The summed E-state index contributed by atoms with van der Waals surface area (Å²) < 4.78 is 14.6. The van der Waals surface area contributed by atoms with E-state index in [9.17, 15) is 4.39 Å². The maximum atomic E-state index is 13.5. The minimum atomic E-state index is -0.372. The second kappa shape index (κ2) is 7.39. The monoisotopic (exact) mass is 369 g/mol. The molecule has 0 bridgehead atoms. The molecule has 0 radical (unpaired) electrons. The van der Waals surface area contributed by atoms with Crippen LogP contribution in [0.25, 0.3) is 0 Å². The molecule has 0 saturated carbocycles. The van der Waals surface area contributed by atoms with Crippen molar-refractivity contribution >= 4 is 27.5 Å². The van der Waals surface area contributed by atoms with E-state index in [1.165, 1.54) is 11.6 Å². The van der Waals surface area contributed by atoms with Crippen LogP contribution in [0.5, 0.6) is 0 Å². The van der Waals surface area contributed by atoms with Crippen LogP contribution in [0, 0.1) is 5.82 Å². The van der Waals surface area contributed by atoms with Crippen molar-refractivity contribution in [3.8, 4) is 0 Å². The first-order chi connectivity index (χ1) is 9.95. The maximum Gasteiger partial charge on any atom is 0.142 e. The van der Waals surface area contributed by atoms with E-state index in [-0.39, 0.29) is 16.9 Å². The molecule has 0 saturated heterocycles. The van der Waals surface area contributed by atoms with Gasteiger partial charge < -0.3 is 5.32 Å². The zero-order valence-corrected chi connectivity index (χ0v) is 14.4. The van der Waals surface area contributed by atoms with E-state index in [2.05, 4.69) is 40.3 Å². The Balaban J connectivity index is 1.96. The summed E-state index contributed by atoms with van der Waals surface area (Å²) in [5.74, 6) is -0.372. The lowest BCUT2D eigenvalue weighted by molar-refractivity contribution is 0.475. The zero-order valence-electron chi connectivity index (χ0n) is 12.0. The van der Waals surface area contributed by atoms with Gasteiger partial charge in [0, 0.05) is 16.6 Å². The van der Waals surface area contributed by atoms with Crippen LogP contribution in [-0.4, -0.2) is 6.04 Å². The van der Waals surface area contributed by atoms with Gasteiger partial charge in [0.15, 0.2) is 0 Å². The second-order valence-corrected chi connectivity index (χ2v) is 6.62. The summed E-state index contributed by atoms with van der Waals surface area (Å²) in [6.07, 6.45) is 0.924. The Morgan fingerprint density at radius 1 is 1.14 bits per heavy atom. The smallest absolute Gasteiger partial charge is 0.142 e. The molecule has 2 aromatic carbocycles. The highest BCUT2D eigenvalue weighted by molar-refractivity contribution is 9.10. The van der Waals surface area contributed by atoms with Gasteiger partial charge in [0.2, 0.25) is 0 Å². The van der Waals surface area contributed by atoms with Gasteiger partial charge in [-0.2, -0.15) is 0 Å². The van der Waals surface area contributed by atoms with Crippen LogP contribution in [0.3, 0.4) is 0 Å². The van der Waals surface area contributed by atoms with Crippen molar-refractivity contribution in [3.63, 3.8) is 0 Å². The Morgan fingerprint density at radius 2 is 1.81 bits per heavy atom. The fraction of sp³-hybridized carbons (Fsp3) is 0.294. The lowest BCUT2D eigenvalue weighted by Crippen LogP contribution is -2.30. The molecule has 2 aromatic rings. The molecule has 1 N–H and O–H groups in total. The van der Waals surface area contributed by atoms with Gasteiger partial charge in [0.05, 0.1) is 5.02 Å². The van der Waals surface area contributed by atoms with Crippen LogP contribution < -0.4 is 5.32 Å². The number of halogens is 3. The van der Waals surface area contributed by atoms with Crippen molar-refractivity contribution in [3.05, 3.63) is 68.9 Å². The Morgan fingerprint density at radius 3 is 2.43 bits per heavy atom. The summed E-state index contributed by atoms with van der Waals surface area (Å²) in [6.45, 7) is 4.16. The van der Waals surface area contributed by atoms with Crippen molar-refractivity contribution in [1.29, 1.82) is 0 Å². The van der Waals surface area contributed by atoms with Gasteiger partial charge in [-0.3, -0.25) is 0 Å². The minimum Gasteiger partial charge on any atom is -0.307 e. The molecule has 0 fully saturated rings. The molecule has 1 nitrogen and oxygen atoms in total. The maximum absolute atomic E-state index is 13.5. The Labute approximate surface area is 138 Å². The molecule has 21 heavy (non-hydrogen) atoms. The van der Waals surface area contributed by atoms with E-state index in [1.54, 1.807) is 6.07 Å². The predicted octanol–water partition coefficient (Wildman–Crippen LogP) is 5.52. The van der Waals surface area contributed by atoms with Gasteiger partial charge in [-0.1, -0.05) is 45.7 Å². The largest absolute Gasteiger partial charge is 0.307 e. The minimum absolute atomic E-state index is 0.0715. The molecule has 2 unspecified atom stereocenters. The summed E-state index contributed by atoms with van der Waals surface area (Å²) >= 11 is 9.15. The fourth-order valence-electron chi connectivity index (χ4n) is 2.34. The summed E-state index contributed by atoms with van der Waals surface area (Å²) in [5.41, 5.74) is 2.17. The zero-order chi connectivity index (χ0) is 15.4. The van der Waals surface area contributed by atoms with Gasteiger partial charge in [-0.15, -0.1) is 0 Å². The van der Waals surface area contributed by atoms with Crippen molar-refractivity contribution < 1.29 is 4.39 Å². The molecule has 0 aromatic heterocycles. The van der Waals surface area contributed by atoms with E-state index in [0.29, 0.717) is 6.04 Å². The van der Waals surface area contributed by atoms with E-state index < -0.39 is 0 Å². The number of hydrogen-bond acceptors (Lipinski definition) is 1. The van der Waals surface area contributed by atoms with Crippen molar-refractivity contribution in [2.24, 2.45) is 0 Å². The summed E-state index contributed by atoms with van der Waals surface area (Å²) in [4.78, 5) is 0. The lowest BCUT2D eigenvalue weighted by Gasteiger charge is -2.21. The Hall–Kier alpha value is -0.900. The van der Waals surface area contributed by atoms with Gasteiger partial charge in [0.25, 0.3) is 0 Å². The Bertz CT molecular complexity index is 600. The third kappa shape index (κ3) is 4.80. The highest BCUT2D eigenvalue weighted by Gasteiger charge is 2.12. The molecule has 0 heterocycles. The summed E-state index contributed by atoms with van der Waals surface area (Å²) in [5, 5.41) is 3.65. The van der Waals surface area contributed by atoms with Crippen molar-refractivity contribution in [2.75, 3.05) is 0 Å². The van der Waals surface area contributed by atoms with Gasteiger partial charge >= 0.3 is 0 Å². The Kier molecular flexibility index (Phi) is 5.80. The van der Waals surface area contributed by atoms with Crippen LogP contribution in [0.4, 0.5) is 4.39 Å². The normalized spacial score (nSPS) is 14.0. The highest BCUT2D eigenvalue weighted by Crippen LogP contribution is 2.21. The van der Waals surface area contributed by atoms with Gasteiger partial charge in [0.1, 0.15) is 5.82 Å². The SMILES string of the molecule is CC(Cc1ccc(Br)cc1)NC(C)c1ccc(Cl)c(F)c1. The molecule has 0 amide bonds. The molecule has 112 valence electrons. The molecule has 0 aliphatic rings. The average Bonchev–Trinajstić information content (AvgIpc) is 2.44. The molecule has 0 aliphatic carbocycles. The molecule has 0 spiro atoms. The highest BCUT2D eigenvalue weighted by atomic mass is 79.9. The first kappa shape index (κ1) is 16.5. The average molecular weight is 371 g/mol. The van der Waals surface area contributed by atoms with Gasteiger partial charge in [-0.05, 0) is 55.7 Å². The van der Waals surface area contributed by atoms with Crippen LogP contribution >= 0.6 is 27.5 Å². The van der Waals surface area contributed by atoms with Crippen LogP contribution in [0.1, 0.15) is 31.0 Å². The first-order valence-corrected chi connectivity index (χ1v) is 8.08. The first-order valence-electron chi connectivity index (χ1n) is 6.91. The summed E-state index contributed by atoms with van der Waals surface area (Å²) in [7, 11) is 0. The molecule has 2 rings (SSSR count). The lowest BCUT2D eigenvalue weighted by atomic mass is 10.0. The quantitative estimate of drug-likeness (QED) is 0.730. The third-order valence-corrected chi connectivity index (χ3v) is 4.27. The van der Waals surface area contributed by atoms with Crippen LogP contribution in [-0.2, 0) is 6.42 Å². The van der Waals surface area contributed by atoms with Crippen molar-refractivity contribution in [2.45, 2.75) is 32.4 Å². The summed E-state index contributed by atoms with van der Waals surface area (Å²) in [6, 6.07) is 13.6. The number of nitrogens with one attached hydrogen (secondary N) is 1. The fourth-order valence-corrected chi connectivity index (χ4v) is 2.72. The van der Waals surface area contributed by atoms with E-state index >= 15 is 0 Å². The number of rotatable bonds is 5. The van der Waals surface area contributed by atoms with Crippen molar-refractivity contribution in [1.82, 2.24) is 5.32 Å². The van der Waals surface area contributed by atoms with E-state index in [1.807, 2.05) is 25.1 Å². The van der Waals surface area contributed by atoms with E-state index in [4.69, 9.17) is 11.6 Å². The number of hydrogen-bond donors (Lipinski definition) is 1. The number of benzene rings is 2. The second-order valence-electron chi connectivity index (χ2n) is 5.29. The topological polar surface area (TPSA) is 12.0 Å². The molecular weight excluding hydrogens is 353 g/mol. The van der Waals surface area contributed by atoms with Gasteiger partial charge in [-0.25, -0.2) is 4.39 Å². The molecule has 4 heteroatoms. The van der Waals surface area contributed by atoms with Crippen LogP contribution in [0.2, 0.25) is 5.02 Å². The molecular formula is C17H18BrClFN. The van der Waals surface area contributed by atoms with E-state index in [0.717, 1.165) is 16.5 Å². The predicted molar refractivity (Wildman–Crippen MR) is 90.3 cm³/mol. The van der Waals surface area contributed by atoms with Crippen LogP contribution in [0.15, 0.2) is 46.9 Å².